The van der Waals surface area contributed by atoms with E-state index in [1.807, 2.05) is 12.1 Å². The zero-order valence-electron chi connectivity index (χ0n) is 10.9. The lowest BCUT2D eigenvalue weighted by Gasteiger charge is -2.27. The molecule has 110 valence electrons. The molecule has 1 aliphatic heterocycles. The summed E-state index contributed by atoms with van der Waals surface area (Å²) in [6.45, 7) is 2.81. The van der Waals surface area contributed by atoms with Gasteiger partial charge in [-0.3, -0.25) is 4.79 Å². The normalized spacial score (nSPS) is 24.5. The predicted molar refractivity (Wildman–Crippen MR) is 83.9 cm³/mol. The molecule has 0 spiro atoms. The van der Waals surface area contributed by atoms with E-state index < -0.39 is 0 Å². The largest absolute Gasteiger partial charge is 0.355 e. The average molecular weight is 336 g/mol. The van der Waals surface area contributed by atoms with Gasteiger partial charge in [0.15, 0.2) is 0 Å². The van der Waals surface area contributed by atoms with Crippen molar-refractivity contribution in [1.29, 1.82) is 0 Å². The van der Waals surface area contributed by atoms with Crippen LogP contribution in [0.5, 0.6) is 0 Å². The van der Waals surface area contributed by atoms with Crippen LogP contribution in [0.25, 0.3) is 0 Å². The van der Waals surface area contributed by atoms with Gasteiger partial charge in [0.05, 0.1) is 0 Å². The molecule has 2 atom stereocenters. The summed E-state index contributed by atoms with van der Waals surface area (Å²) in [5.74, 6) is 1.12. The minimum absolute atomic E-state index is 0. The molecule has 2 aliphatic rings. The second-order valence-electron chi connectivity index (χ2n) is 5.42. The Morgan fingerprint density at radius 3 is 2.45 bits per heavy atom. The van der Waals surface area contributed by atoms with Gasteiger partial charge in [0.25, 0.3) is 0 Å². The van der Waals surface area contributed by atoms with Crippen LogP contribution < -0.4 is 10.6 Å². The molecule has 20 heavy (non-hydrogen) atoms. The second-order valence-corrected chi connectivity index (χ2v) is 6.29. The molecule has 6 heteroatoms. The van der Waals surface area contributed by atoms with E-state index in [0.717, 1.165) is 31.6 Å². The maximum absolute atomic E-state index is 12.0. The molecular formula is C14H17Cl3N2O. The number of carbonyl (C=O) groups is 1. The Morgan fingerprint density at radius 1 is 1.25 bits per heavy atom. The van der Waals surface area contributed by atoms with Crippen molar-refractivity contribution in [3.05, 3.63) is 33.8 Å². The van der Waals surface area contributed by atoms with Gasteiger partial charge in [0.1, 0.15) is 0 Å². The molecule has 1 saturated heterocycles. The van der Waals surface area contributed by atoms with Crippen molar-refractivity contribution in [3.8, 4) is 0 Å². The Hall–Kier alpha value is -0.480. The fraction of sp³-hybridized carbons (Fsp3) is 0.500. The van der Waals surface area contributed by atoms with E-state index in [1.165, 1.54) is 0 Å². The summed E-state index contributed by atoms with van der Waals surface area (Å²) in [6.07, 6.45) is 0.894. The molecule has 1 heterocycles. The SMILES string of the molecule is Cl.O=C(NCC1CNC1)C1CC1c1cc(Cl)cc(Cl)c1. The van der Waals surface area contributed by atoms with Gasteiger partial charge in [-0.25, -0.2) is 0 Å². The first kappa shape index (κ1) is 15.9. The maximum Gasteiger partial charge on any atom is 0.223 e. The smallest absolute Gasteiger partial charge is 0.223 e. The molecule has 0 bridgehead atoms. The van der Waals surface area contributed by atoms with E-state index >= 15 is 0 Å². The predicted octanol–water partition coefficient (Wildman–Crippen LogP) is 2.85. The summed E-state index contributed by atoms with van der Waals surface area (Å²) in [5.41, 5.74) is 1.07. The lowest BCUT2D eigenvalue weighted by Crippen LogP contribution is -2.48. The van der Waals surface area contributed by atoms with Crippen LogP contribution in [0.15, 0.2) is 18.2 Å². The van der Waals surface area contributed by atoms with Gasteiger partial charge in [-0.2, -0.15) is 0 Å². The van der Waals surface area contributed by atoms with Crippen molar-refractivity contribution in [2.24, 2.45) is 11.8 Å². The third-order valence-corrected chi connectivity index (χ3v) is 4.31. The van der Waals surface area contributed by atoms with E-state index in [0.29, 0.717) is 16.0 Å². The zero-order valence-corrected chi connectivity index (χ0v) is 13.2. The molecule has 2 fully saturated rings. The van der Waals surface area contributed by atoms with Gasteiger partial charge in [-0.15, -0.1) is 12.4 Å². The number of amides is 1. The molecule has 1 amide bonds. The van der Waals surface area contributed by atoms with Gasteiger partial charge in [-0.1, -0.05) is 23.2 Å². The highest BCUT2D eigenvalue weighted by Gasteiger charge is 2.44. The van der Waals surface area contributed by atoms with Crippen molar-refractivity contribution < 1.29 is 4.79 Å². The number of benzene rings is 1. The second kappa shape index (κ2) is 6.52. The van der Waals surface area contributed by atoms with Gasteiger partial charge in [-0.05, 0) is 36.1 Å². The molecule has 0 aromatic heterocycles. The van der Waals surface area contributed by atoms with E-state index in [2.05, 4.69) is 10.6 Å². The van der Waals surface area contributed by atoms with E-state index in [4.69, 9.17) is 23.2 Å². The van der Waals surface area contributed by atoms with Crippen molar-refractivity contribution in [2.45, 2.75) is 12.3 Å². The molecule has 1 aromatic carbocycles. The summed E-state index contributed by atoms with van der Waals surface area (Å²) in [6, 6.07) is 5.52. The highest BCUT2D eigenvalue weighted by Crippen LogP contribution is 2.48. The van der Waals surface area contributed by atoms with Crippen molar-refractivity contribution in [2.75, 3.05) is 19.6 Å². The van der Waals surface area contributed by atoms with Crippen LogP contribution in [0.4, 0.5) is 0 Å². The highest BCUT2D eigenvalue weighted by atomic mass is 35.5. The minimum atomic E-state index is 0. The summed E-state index contributed by atoms with van der Waals surface area (Å²) >= 11 is 12.0. The number of carbonyl (C=O) groups excluding carboxylic acids is 1. The Morgan fingerprint density at radius 2 is 1.90 bits per heavy atom. The molecule has 1 aromatic rings. The number of halogens is 3. The Bertz CT molecular complexity index is 485. The number of nitrogens with one attached hydrogen (secondary N) is 2. The fourth-order valence-corrected chi connectivity index (χ4v) is 3.05. The molecule has 1 saturated carbocycles. The van der Waals surface area contributed by atoms with Crippen molar-refractivity contribution in [3.63, 3.8) is 0 Å². The lowest BCUT2D eigenvalue weighted by atomic mass is 10.0. The summed E-state index contributed by atoms with van der Waals surface area (Å²) in [7, 11) is 0. The minimum Gasteiger partial charge on any atom is -0.355 e. The van der Waals surface area contributed by atoms with Gasteiger partial charge in [0, 0.05) is 41.5 Å². The Labute approximate surface area is 134 Å². The Balaban J connectivity index is 0.00000147. The van der Waals surface area contributed by atoms with Crippen molar-refractivity contribution >= 4 is 41.5 Å². The van der Waals surface area contributed by atoms with Crippen molar-refractivity contribution in [1.82, 2.24) is 10.6 Å². The zero-order chi connectivity index (χ0) is 13.4. The van der Waals surface area contributed by atoms with Gasteiger partial charge < -0.3 is 10.6 Å². The lowest BCUT2D eigenvalue weighted by molar-refractivity contribution is -0.122. The molecule has 3 nitrogen and oxygen atoms in total. The van der Waals surface area contributed by atoms with E-state index in [-0.39, 0.29) is 30.2 Å². The summed E-state index contributed by atoms with van der Waals surface area (Å²) < 4.78 is 0. The third-order valence-electron chi connectivity index (χ3n) is 3.87. The van der Waals surface area contributed by atoms with Crippen LogP contribution in [0.3, 0.4) is 0 Å². The monoisotopic (exact) mass is 334 g/mol. The quantitative estimate of drug-likeness (QED) is 0.888. The fourth-order valence-electron chi connectivity index (χ4n) is 2.51. The summed E-state index contributed by atoms with van der Waals surface area (Å²) in [5, 5.41) is 7.49. The third kappa shape index (κ3) is 3.59. The van der Waals surface area contributed by atoms with Crippen LogP contribution in [0, 0.1) is 11.8 Å². The molecule has 0 radical (unpaired) electrons. The number of rotatable bonds is 4. The van der Waals surface area contributed by atoms with Crippen LogP contribution in [-0.4, -0.2) is 25.5 Å². The first-order valence-corrected chi connectivity index (χ1v) is 7.33. The molecule has 2 unspecified atom stereocenters. The first-order chi connectivity index (χ1) is 9.13. The number of hydrogen-bond acceptors (Lipinski definition) is 2. The van der Waals surface area contributed by atoms with Gasteiger partial charge in [0.2, 0.25) is 5.91 Å². The van der Waals surface area contributed by atoms with Crippen LogP contribution >= 0.6 is 35.6 Å². The number of hydrogen-bond donors (Lipinski definition) is 2. The molecule has 3 rings (SSSR count). The topological polar surface area (TPSA) is 41.1 Å². The standard InChI is InChI=1S/C14H16Cl2N2O.ClH/c15-10-1-9(2-11(16)3-10)12-4-13(12)14(19)18-7-8-5-17-6-8;/h1-3,8,12-13,17H,4-7H2,(H,18,19);1H. The molecule has 1 aliphatic carbocycles. The molecule has 2 N–H and O–H groups in total. The average Bonchev–Trinajstić information content (AvgIpc) is 3.05. The Kier molecular flexibility index (Phi) is 5.19. The van der Waals surface area contributed by atoms with E-state index in [1.54, 1.807) is 6.07 Å². The van der Waals surface area contributed by atoms with Crippen LogP contribution in [-0.2, 0) is 4.79 Å². The van der Waals surface area contributed by atoms with Crippen LogP contribution in [0.2, 0.25) is 10.0 Å². The van der Waals surface area contributed by atoms with Gasteiger partial charge >= 0.3 is 0 Å². The highest BCUT2D eigenvalue weighted by molar-refractivity contribution is 6.34. The van der Waals surface area contributed by atoms with E-state index in [9.17, 15) is 4.79 Å². The first-order valence-electron chi connectivity index (χ1n) is 6.58. The summed E-state index contributed by atoms with van der Waals surface area (Å²) in [4.78, 5) is 12.0. The maximum atomic E-state index is 12.0. The van der Waals surface area contributed by atoms with Crippen LogP contribution in [0.1, 0.15) is 17.9 Å². The molecular weight excluding hydrogens is 319 g/mol.